The van der Waals surface area contributed by atoms with Gasteiger partial charge in [-0.1, -0.05) is 30.3 Å². The molecule has 0 unspecified atom stereocenters. The topological polar surface area (TPSA) is 49.8 Å². The lowest BCUT2D eigenvalue weighted by molar-refractivity contribution is 0.449. The largest absolute Gasteiger partial charge is 0.365 e. The van der Waals surface area contributed by atoms with Gasteiger partial charge in [0.15, 0.2) is 17.5 Å². The summed E-state index contributed by atoms with van der Waals surface area (Å²) in [5, 5.41) is 5.87. The summed E-state index contributed by atoms with van der Waals surface area (Å²) in [7, 11) is 0. The van der Waals surface area contributed by atoms with Crippen molar-refractivity contribution in [2.45, 2.75) is 26.3 Å². The molecule has 7 heteroatoms. The summed E-state index contributed by atoms with van der Waals surface area (Å²) >= 11 is 0. The van der Waals surface area contributed by atoms with Crippen LogP contribution in [0.5, 0.6) is 0 Å². The normalized spacial score (nSPS) is 11.3. The van der Waals surface area contributed by atoms with Crippen LogP contribution in [0.15, 0.2) is 48.5 Å². The maximum atomic E-state index is 14.0. The molecule has 0 fully saturated rings. The molecule has 2 N–H and O–H groups in total. The smallest absolute Gasteiger partial charge is 0.229 e. The molecule has 140 valence electrons. The van der Waals surface area contributed by atoms with E-state index in [4.69, 9.17) is 0 Å². The highest BCUT2D eigenvalue weighted by Gasteiger charge is 2.17. The van der Waals surface area contributed by atoms with Gasteiger partial charge in [0, 0.05) is 17.2 Å². The maximum absolute atomic E-state index is 14.0. The number of hydrogen-bond acceptors (Lipinski definition) is 4. The zero-order chi connectivity index (χ0) is 19.6. The predicted octanol–water partition coefficient (Wildman–Crippen LogP) is 5.51. The van der Waals surface area contributed by atoms with Crippen molar-refractivity contribution in [3.8, 4) is 11.3 Å². The van der Waals surface area contributed by atoms with Crippen LogP contribution in [0, 0.1) is 17.5 Å². The number of nitrogens with zero attached hydrogens (tertiary/aromatic N) is 2. The van der Waals surface area contributed by atoms with Crippen LogP contribution in [0.2, 0.25) is 0 Å². The summed E-state index contributed by atoms with van der Waals surface area (Å²) < 4.78 is 40.6. The number of rotatable bonds is 4. The molecule has 3 aromatic rings. The van der Waals surface area contributed by atoms with E-state index < -0.39 is 17.5 Å². The Bertz CT molecular complexity index is 953. The lowest BCUT2D eigenvalue weighted by atomic mass is 10.1. The average molecular weight is 372 g/mol. The fraction of sp³-hybridized carbons (Fsp3) is 0.200. The van der Waals surface area contributed by atoms with Crippen molar-refractivity contribution < 1.29 is 13.2 Å². The Morgan fingerprint density at radius 3 is 2.22 bits per heavy atom. The molecule has 0 aliphatic rings. The van der Waals surface area contributed by atoms with Crippen molar-refractivity contribution in [1.82, 2.24) is 9.97 Å². The Hall–Kier alpha value is -3.09. The number of benzene rings is 2. The summed E-state index contributed by atoms with van der Waals surface area (Å²) in [5.74, 6) is -3.55. The first kappa shape index (κ1) is 18.7. The van der Waals surface area contributed by atoms with Gasteiger partial charge in [0.1, 0.15) is 5.82 Å². The minimum Gasteiger partial charge on any atom is -0.365 e. The Morgan fingerprint density at radius 1 is 0.852 bits per heavy atom. The van der Waals surface area contributed by atoms with E-state index in [9.17, 15) is 13.2 Å². The second kappa shape index (κ2) is 7.26. The highest BCUT2D eigenvalue weighted by atomic mass is 19.2. The molecule has 0 aliphatic heterocycles. The third-order valence-corrected chi connectivity index (χ3v) is 3.58. The van der Waals surface area contributed by atoms with Gasteiger partial charge >= 0.3 is 0 Å². The highest BCUT2D eigenvalue weighted by Crippen LogP contribution is 2.26. The molecule has 0 saturated carbocycles. The highest BCUT2D eigenvalue weighted by molar-refractivity contribution is 5.66. The monoisotopic (exact) mass is 372 g/mol. The van der Waals surface area contributed by atoms with Gasteiger partial charge in [-0.3, -0.25) is 0 Å². The van der Waals surface area contributed by atoms with Crippen molar-refractivity contribution in [3.05, 3.63) is 66.0 Å². The Balaban J connectivity index is 2.04. The second-order valence-electron chi connectivity index (χ2n) is 7.05. The Morgan fingerprint density at radius 2 is 1.56 bits per heavy atom. The molecule has 0 atom stereocenters. The molecule has 0 amide bonds. The summed E-state index contributed by atoms with van der Waals surface area (Å²) in [4.78, 5) is 8.69. The van der Waals surface area contributed by atoms with E-state index in [1.807, 2.05) is 51.1 Å². The third kappa shape index (κ3) is 4.55. The molecule has 2 aromatic carbocycles. The molecular formula is C20H19F3N4. The van der Waals surface area contributed by atoms with Crippen LogP contribution in [0.1, 0.15) is 20.8 Å². The fourth-order valence-corrected chi connectivity index (χ4v) is 2.45. The van der Waals surface area contributed by atoms with E-state index in [-0.39, 0.29) is 17.2 Å². The van der Waals surface area contributed by atoms with Crippen LogP contribution < -0.4 is 10.6 Å². The van der Waals surface area contributed by atoms with Gasteiger partial charge < -0.3 is 10.6 Å². The quantitative estimate of drug-likeness (QED) is 0.593. The number of hydrogen-bond donors (Lipinski definition) is 2. The van der Waals surface area contributed by atoms with Gasteiger partial charge in [-0.05, 0) is 32.9 Å². The van der Waals surface area contributed by atoms with Crippen LogP contribution in [0.4, 0.5) is 30.6 Å². The summed E-state index contributed by atoms with van der Waals surface area (Å²) in [6, 6.07) is 13.1. The average Bonchev–Trinajstić information content (AvgIpc) is 2.61. The van der Waals surface area contributed by atoms with Gasteiger partial charge in [0.2, 0.25) is 5.95 Å². The van der Waals surface area contributed by atoms with Crippen molar-refractivity contribution in [2.75, 3.05) is 10.6 Å². The van der Waals surface area contributed by atoms with Crippen LogP contribution >= 0.6 is 0 Å². The van der Waals surface area contributed by atoms with E-state index in [0.717, 1.165) is 17.7 Å². The number of anilines is 3. The number of halogens is 3. The van der Waals surface area contributed by atoms with Crippen molar-refractivity contribution in [3.63, 3.8) is 0 Å². The first-order valence-corrected chi connectivity index (χ1v) is 8.36. The van der Waals surface area contributed by atoms with Crippen LogP contribution in [0.3, 0.4) is 0 Å². The van der Waals surface area contributed by atoms with Crippen LogP contribution in [0.25, 0.3) is 11.3 Å². The SMILES string of the molecule is CC(C)(C)Nc1cc(-c2ccccc2)nc(Nc2ccc(F)c(F)c2F)n1. The van der Waals surface area contributed by atoms with E-state index in [1.54, 1.807) is 6.07 Å². The van der Waals surface area contributed by atoms with Crippen LogP contribution in [-0.2, 0) is 0 Å². The maximum Gasteiger partial charge on any atom is 0.229 e. The minimum atomic E-state index is -1.55. The summed E-state index contributed by atoms with van der Waals surface area (Å²) in [5.41, 5.74) is 0.918. The van der Waals surface area contributed by atoms with E-state index in [2.05, 4.69) is 20.6 Å². The zero-order valence-corrected chi connectivity index (χ0v) is 15.1. The molecule has 1 heterocycles. The van der Waals surface area contributed by atoms with Gasteiger partial charge in [0.05, 0.1) is 11.4 Å². The summed E-state index contributed by atoms with van der Waals surface area (Å²) in [6.07, 6.45) is 0. The molecule has 0 spiro atoms. The minimum absolute atomic E-state index is 0.0630. The fourth-order valence-electron chi connectivity index (χ4n) is 2.45. The molecule has 3 rings (SSSR count). The standard InChI is InChI=1S/C20H19F3N4/c1-20(2,3)27-16-11-15(12-7-5-4-6-8-12)25-19(26-16)24-14-10-9-13(21)17(22)18(14)23/h4-11H,1-3H3,(H2,24,25,26,27). The molecule has 0 bridgehead atoms. The summed E-state index contributed by atoms with van der Waals surface area (Å²) in [6.45, 7) is 5.91. The van der Waals surface area contributed by atoms with Crippen molar-refractivity contribution in [2.24, 2.45) is 0 Å². The lowest BCUT2D eigenvalue weighted by Crippen LogP contribution is -2.27. The molecular weight excluding hydrogens is 353 g/mol. The molecule has 27 heavy (non-hydrogen) atoms. The second-order valence-corrected chi connectivity index (χ2v) is 7.05. The molecule has 0 saturated heterocycles. The van der Waals surface area contributed by atoms with E-state index in [1.165, 1.54) is 0 Å². The molecule has 4 nitrogen and oxygen atoms in total. The third-order valence-electron chi connectivity index (χ3n) is 3.58. The predicted molar refractivity (Wildman–Crippen MR) is 100 cm³/mol. The van der Waals surface area contributed by atoms with Gasteiger partial charge in [0.25, 0.3) is 0 Å². The molecule has 1 aromatic heterocycles. The first-order valence-electron chi connectivity index (χ1n) is 8.36. The Labute approximate surface area is 155 Å². The number of nitrogens with one attached hydrogen (secondary N) is 2. The lowest BCUT2D eigenvalue weighted by Gasteiger charge is -2.22. The number of aromatic nitrogens is 2. The van der Waals surface area contributed by atoms with Crippen molar-refractivity contribution in [1.29, 1.82) is 0 Å². The van der Waals surface area contributed by atoms with Gasteiger partial charge in [-0.25, -0.2) is 18.2 Å². The van der Waals surface area contributed by atoms with E-state index >= 15 is 0 Å². The zero-order valence-electron chi connectivity index (χ0n) is 15.1. The van der Waals surface area contributed by atoms with Crippen molar-refractivity contribution >= 4 is 17.5 Å². The van der Waals surface area contributed by atoms with Gasteiger partial charge in [-0.2, -0.15) is 4.98 Å². The van der Waals surface area contributed by atoms with Crippen LogP contribution in [-0.4, -0.2) is 15.5 Å². The van der Waals surface area contributed by atoms with Gasteiger partial charge in [-0.15, -0.1) is 0 Å². The van der Waals surface area contributed by atoms with E-state index in [0.29, 0.717) is 11.5 Å². The first-order chi connectivity index (χ1) is 12.7. The Kier molecular flexibility index (Phi) is 5.03. The molecule has 0 aliphatic carbocycles. The molecule has 0 radical (unpaired) electrons.